The summed E-state index contributed by atoms with van der Waals surface area (Å²) in [5.41, 5.74) is 1.14. The second kappa shape index (κ2) is 14.5. The van der Waals surface area contributed by atoms with Crippen LogP contribution in [0.3, 0.4) is 0 Å². The molecule has 0 aromatic heterocycles. The average Bonchev–Trinajstić information content (AvgIpc) is 2.99. The normalized spacial score (nSPS) is 12.6. The van der Waals surface area contributed by atoms with Crippen molar-refractivity contribution < 1.29 is 27.5 Å². The molecule has 220 valence electrons. The third kappa shape index (κ3) is 7.79. The topological polar surface area (TPSA) is 105 Å². The number of hydrogen-bond acceptors (Lipinski definition) is 6. The number of rotatable bonds is 14. The van der Waals surface area contributed by atoms with Gasteiger partial charge in [-0.2, -0.15) is 0 Å². The zero-order chi connectivity index (χ0) is 30.0. The van der Waals surface area contributed by atoms with Crippen LogP contribution in [0.2, 0.25) is 0 Å². The van der Waals surface area contributed by atoms with Crippen molar-refractivity contribution in [3.8, 4) is 11.5 Å². The van der Waals surface area contributed by atoms with Crippen molar-refractivity contribution in [3.63, 3.8) is 0 Å². The first-order valence-corrected chi connectivity index (χ1v) is 15.0. The number of carbonyl (C=O) groups is 2. The third-order valence-electron chi connectivity index (χ3n) is 6.85. The van der Waals surface area contributed by atoms with Gasteiger partial charge >= 0.3 is 0 Å². The van der Waals surface area contributed by atoms with E-state index in [1.165, 1.54) is 37.3 Å². The van der Waals surface area contributed by atoms with Crippen LogP contribution in [0.5, 0.6) is 11.5 Å². The molecule has 0 aliphatic heterocycles. The van der Waals surface area contributed by atoms with Crippen LogP contribution in [-0.4, -0.2) is 58.0 Å². The summed E-state index contributed by atoms with van der Waals surface area (Å²) >= 11 is 0. The Morgan fingerprint density at radius 2 is 1.46 bits per heavy atom. The van der Waals surface area contributed by atoms with Gasteiger partial charge in [0.15, 0.2) is 11.5 Å². The predicted octanol–water partition coefficient (Wildman–Crippen LogP) is 4.62. The van der Waals surface area contributed by atoms with Gasteiger partial charge in [-0.15, -0.1) is 0 Å². The molecular weight excluding hydrogens is 542 g/mol. The Morgan fingerprint density at radius 3 is 2.02 bits per heavy atom. The molecule has 0 spiro atoms. The molecule has 0 heterocycles. The lowest BCUT2D eigenvalue weighted by Gasteiger charge is -2.33. The van der Waals surface area contributed by atoms with Crippen LogP contribution in [0.4, 0.5) is 5.69 Å². The number of methoxy groups -OCH3 is 2. The average molecular weight is 582 g/mol. The number of benzene rings is 3. The Labute approximate surface area is 243 Å². The molecule has 41 heavy (non-hydrogen) atoms. The molecule has 3 aromatic rings. The molecule has 2 unspecified atom stereocenters. The molecule has 1 N–H and O–H groups in total. The zero-order valence-electron chi connectivity index (χ0n) is 24.2. The Bertz CT molecular complexity index is 1400. The highest BCUT2D eigenvalue weighted by Gasteiger charge is 2.34. The van der Waals surface area contributed by atoms with E-state index in [1.54, 1.807) is 30.3 Å². The van der Waals surface area contributed by atoms with Crippen molar-refractivity contribution in [1.82, 2.24) is 10.2 Å². The summed E-state index contributed by atoms with van der Waals surface area (Å²) in [6, 6.07) is 21.2. The van der Waals surface area contributed by atoms with Crippen molar-refractivity contribution in [2.45, 2.75) is 57.1 Å². The van der Waals surface area contributed by atoms with Gasteiger partial charge in [-0.3, -0.25) is 13.9 Å². The van der Waals surface area contributed by atoms with Crippen LogP contribution in [0, 0.1) is 0 Å². The van der Waals surface area contributed by atoms with E-state index in [4.69, 9.17) is 9.47 Å². The predicted molar refractivity (Wildman–Crippen MR) is 159 cm³/mol. The molecule has 3 rings (SSSR count). The first kappa shape index (κ1) is 31.5. The van der Waals surface area contributed by atoms with E-state index < -0.39 is 28.5 Å². The van der Waals surface area contributed by atoms with Gasteiger partial charge in [0.05, 0.1) is 24.8 Å². The maximum absolute atomic E-state index is 14.1. The van der Waals surface area contributed by atoms with E-state index in [9.17, 15) is 18.0 Å². The fraction of sp³-hybridized carbons (Fsp3) is 0.355. The van der Waals surface area contributed by atoms with E-state index in [1.807, 2.05) is 51.1 Å². The Hall–Kier alpha value is -4.05. The quantitative estimate of drug-likeness (QED) is 0.298. The summed E-state index contributed by atoms with van der Waals surface area (Å²) in [4.78, 5) is 28.8. The van der Waals surface area contributed by atoms with Crippen LogP contribution < -0.4 is 19.1 Å². The van der Waals surface area contributed by atoms with Gasteiger partial charge in [0.2, 0.25) is 11.8 Å². The monoisotopic (exact) mass is 581 g/mol. The highest BCUT2D eigenvalue weighted by atomic mass is 32.2. The number of carbonyl (C=O) groups excluding carboxylic acids is 2. The molecule has 0 saturated carbocycles. The van der Waals surface area contributed by atoms with Gasteiger partial charge < -0.3 is 19.7 Å². The van der Waals surface area contributed by atoms with Crippen LogP contribution in [0.15, 0.2) is 83.8 Å². The number of nitrogens with one attached hydrogen (secondary N) is 1. The molecule has 2 atom stereocenters. The first-order chi connectivity index (χ1) is 19.7. The lowest BCUT2D eigenvalue weighted by molar-refractivity contribution is -0.140. The summed E-state index contributed by atoms with van der Waals surface area (Å²) in [5.74, 6) is -0.166. The molecular formula is C31H39N3O6S. The van der Waals surface area contributed by atoms with Crippen molar-refractivity contribution >= 4 is 27.5 Å². The van der Waals surface area contributed by atoms with Crippen LogP contribution in [0.1, 0.15) is 39.2 Å². The van der Waals surface area contributed by atoms with Gasteiger partial charge in [-0.1, -0.05) is 62.4 Å². The molecule has 2 amide bonds. The second-order valence-electron chi connectivity index (χ2n) is 9.61. The Kier molecular flexibility index (Phi) is 11.2. The van der Waals surface area contributed by atoms with E-state index >= 15 is 0 Å². The molecule has 0 aliphatic carbocycles. The summed E-state index contributed by atoms with van der Waals surface area (Å²) in [6.45, 7) is 5.34. The minimum absolute atomic E-state index is 0.0667. The van der Waals surface area contributed by atoms with Crippen LogP contribution in [-0.2, 0) is 26.2 Å². The molecule has 0 saturated heterocycles. The molecule has 0 fully saturated rings. The first-order valence-electron chi connectivity index (χ1n) is 13.6. The fourth-order valence-corrected chi connectivity index (χ4v) is 5.80. The van der Waals surface area contributed by atoms with E-state index in [0.717, 1.165) is 16.3 Å². The minimum atomic E-state index is -4.24. The highest BCUT2D eigenvalue weighted by molar-refractivity contribution is 7.92. The van der Waals surface area contributed by atoms with Gasteiger partial charge in [0.25, 0.3) is 10.0 Å². The molecule has 3 aromatic carbocycles. The van der Waals surface area contributed by atoms with Crippen LogP contribution >= 0.6 is 0 Å². The van der Waals surface area contributed by atoms with Gasteiger partial charge in [-0.25, -0.2) is 8.42 Å². The molecule has 0 radical (unpaired) electrons. The minimum Gasteiger partial charge on any atom is -0.493 e. The van der Waals surface area contributed by atoms with E-state index in [-0.39, 0.29) is 29.1 Å². The summed E-state index contributed by atoms with van der Waals surface area (Å²) in [5, 5.41) is 2.98. The molecule has 0 aliphatic rings. The van der Waals surface area contributed by atoms with Crippen molar-refractivity contribution in [1.29, 1.82) is 0 Å². The highest BCUT2D eigenvalue weighted by Crippen LogP contribution is 2.32. The Morgan fingerprint density at radius 1 is 0.854 bits per heavy atom. The standard InChI is InChI=1S/C31H39N3O6S/c1-6-23(3)32-31(36)27(7-2)33(21-24-14-10-8-11-15-24)30(35)22-34(25-16-12-9-13-17-25)41(37,38)26-18-19-28(39-4)29(20-26)40-5/h8-20,23,27H,6-7,21-22H2,1-5H3,(H,32,36). The summed E-state index contributed by atoms with van der Waals surface area (Å²) in [7, 11) is -1.36. The maximum Gasteiger partial charge on any atom is 0.264 e. The number of ether oxygens (including phenoxy) is 2. The number of sulfonamides is 1. The zero-order valence-corrected chi connectivity index (χ0v) is 25.1. The summed E-state index contributed by atoms with van der Waals surface area (Å²) < 4.78 is 39.8. The van der Waals surface area contributed by atoms with E-state index in [2.05, 4.69) is 5.32 Å². The molecule has 10 heteroatoms. The van der Waals surface area contributed by atoms with Gasteiger partial charge in [-0.05, 0) is 49.6 Å². The van der Waals surface area contributed by atoms with E-state index in [0.29, 0.717) is 17.9 Å². The van der Waals surface area contributed by atoms with Gasteiger partial charge in [0, 0.05) is 18.7 Å². The number of hydrogen-bond donors (Lipinski definition) is 1. The molecule has 0 bridgehead atoms. The third-order valence-corrected chi connectivity index (χ3v) is 8.62. The lowest BCUT2D eigenvalue weighted by atomic mass is 10.1. The van der Waals surface area contributed by atoms with Crippen molar-refractivity contribution in [3.05, 3.63) is 84.4 Å². The van der Waals surface area contributed by atoms with Gasteiger partial charge in [0.1, 0.15) is 12.6 Å². The smallest absolute Gasteiger partial charge is 0.264 e. The Balaban J connectivity index is 2.06. The molecule has 9 nitrogen and oxygen atoms in total. The van der Waals surface area contributed by atoms with Crippen molar-refractivity contribution in [2.75, 3.05) is 25.1 Å². The SMILES string of the molecule is CCC(C)NC(=O)C(CC)N(Cc1ccccc1)C(=O)CN(c1ccccc1)S(=O)(=O)c1ccc(OC)c(OC)c1. The number of anilines is 1. The maximum atomic E-state index is 14.1. The number of amides is 2. The number of nitrogens with zero attached hydrogens (tertiary/aromatic N) is 2. The van der Waals surface area contributed by atoms with Crippen LogP contribution in [0.25, 0.3) is 0 Å². The number of para-hydroxylation sites is 1. The summed E-state index contributed by atoms with van der Waals surface area (Å²) in [6.07, 6.45) is 1.09. The fourth-order valence-electron chi connectivity index (χ4n) is 4.37. The second-order valence-corrected chi connectivity index (χ2v) is 11.5. The van der Waals surface area contributed by atoms with Crippen molar-refractivity contribution in [2.24, 2.45) is 0 Å². The largest absolute Gasteiger partial charge is 0.493 e. The lowest BCUT2D eigenvalue weighted by Crippen LogP contribution is -2.53.